The van der Waals surface area contributed by atoms with Crippen molar-refractivity contribution in [2.45, 2.75) is 38.3 Å². The number of thiophene rings is 1. The van der Waals surface area contributed by atoms with Gasteiger partial charge in [0.2, 0.25) is 0 Å². The summed E-state index contributed by atoms with van der Waals surface area (Å²) < 4.78 is 1.19. The van der Waals surface area contributed by atoms with E-state index < -0.39 is 0 Å². The van der Waals surface area contributed by atoms with Gasteiger partial charge in [-0.15, -0.1) is 11.3 Å². The number of piperidine rings is 1. The van der Waals surface area contributed by atoms with Gasteiger partial charge in [0.1, 0.15) is 5.82 Å². The predicted molar refractivity (Wildman–Crippen MR) is 126 cm³/mol. The van der Waals surface area contributed by atoms with E-state index in [1.807, 2.05) is 32.4 Å². The molecule has 1 aliphatic heterocycles. The molecule has 0 aliphatic carbocycles. The Morgan fingerprint density at radius 1 is 1.23 bits per heavy atom. The Hall–Kier alpha value is -2.44. The Labute approximate surface area is 182 Å². The Morgan fingerprint density at radius 3 is 2.87 bits per heavy atom. The van der Waals surface area contributed by atoms with E-state index in [4.69, 9.17) is 0 Å². The number of anilines is 1. The van der Waals surface area contributed by atoms with E-state index in [9.17, 15) is 4.79 Å². The Kier molecular flexibility index (Phi) is 6.35. The molecule has 3 heterocycles. The molecule has 1 aliphatic rings. The standard InChI is InChI=1S/C24H30N4OS/c1-25-24(29)22-20(19-11-4-5-12-21(19)30-22)15-18-10-6-7-14-28(18)16-17-9-8-13-26-23(17)27(2)3/h4-5,8-9,11-13,18H,6-7,10,14-16H2,1-3H3,(H,25,29)/t18-/m0/s1. The summed E-state index contributed by atoms with van der Waals surface area (Å²) in [5.74, 6) is 1.06. The smallest absolute Gasteiger partial charge is 0.261 e. The predicted octanol–water partition coefficient (Wildman–Crippen LogP) is 4.32. The third kappa shape index (κ3) is 4.20. The lowest BCUT2D eigenvalue weighted by atomic mass is 9.93. The average Bonchev–Trinajstić information content (AvgIpc) is 3.13. The van der Waals surface area contributed by atoms with Crippen LogP contribution >= 0.6 is 11.3 Å². The monoisotopic (exact) mass is 422 g/mol. The summed E-state index contributed by atoms with van der Waals surface area (Å²) in [6.07, 6.45) is 6.39. The number of nitrogens with zero attached hydrogens (tertiary/aromatic N) is 3. The van der Waals surface area contributed by atoms with Crippen molar-refractivity contribution in [2.75, 3.05) is 32.6 Å². The molecule has 5 nitrogen and oxygen atoms in total. The third-order valence-corrected chi connectivity index (χ3v) is 7.20. The highest BCUT2D eigenvalue weighted by atomic mass is 32.1. The first-order valence-corrected chi connectivity index (χ1v) is 11.5. The average molecular weight is 423 g/mol. The molecule has 0 spiro atoms. The van der Waals surface area contributed by atoms with E-state index in [1.54, 1.807) is 18.4 Å². The van der Waals surface area contributed by atoms with Crippen molar-refractivity contribution >= 4 is 33.1 Å². The minimum Gasteiger partial charge on any atom is -0.362 e. The summed E-state index contributed by atoms with van der Waals surface area (Å²) in [5.41, 5.74) is 2.46. The quantitative estimate of drug-likeness (QED) is 0.643. The number of carbonyl (C=O) groups is 1. The number of benzene rings is 1. The van der Waals surface area contributed by atoms with Gasteiger partial charge in [-0.25, -0.2) is 4.98 Å². The maximum absolute atomic E-state index is 12.6. The number of carbonyl (C=O) groups excluding carboxylic acids is 1. The molecule has 0 radical (unpaired) electrons. The van der Waals surface area contributed by atoms with Crippen molar-refractivity contribution < 1.29 is 4.79 Å². The Balaban J connectivity index is 1.64. The molecular weight excluding hydrogens is 392 g/mol. The topological polar surface area (TPSA) is 48.5 Å². The molecule has 1 saturated heterocycles. The highest BCUT2D eigenvalue weighted by Gasteiger charge is 2.27. The summed E-state index contributed by atoms with van der Waals surface area (Å²) in [6, 6.07) is 13.0. The summed E-state index contributed by atoms with van der Waals surface area (Å²) in [4.78, 5) is 22.7. The maximum Gasteiger partial charge on any atom is 0.261 e. The number of fused-ring (bicyclic) bond motifs is 1. The van der Waals surface area contributed by atoms with Crippen LogP contribution in [0.2, 0.25) is 0 Å². The fourth-order valence-electron chi connectivity index (χ4n) is 4.51. The zero-order valence-corrected chi connectivity index (χ0v) is 18.8. The van der Waals surface area contributed by atoms with E-state index in [0.29, 0.717) is 6.04 Å². The molecular formula is C24H30N4OS. The molecule has 1 atom stereocenters. The van der Waals surface area contributed by atoms with E-state index in [1.165, 1.54) is 34.1 Å². The van der Waals surface area contributed by atoms with Gasteiger partial charge in [0.25, 0.3) is 5.91 Å². The molecule has 0 saturated carbocycles. The minimum absolute atomic E-state index is 0.0238. The number of hydrogen-bond donors (Lipinski definition) is 1. The maximum atomic E-state index is 12.6. The fraction of sp³-hybridized carbons (Fsp3) is 0.417. The summed E-state index contributed by atoms with van der Waals surface area (Å²) in [6.45, 7) is 1.98. The lowest BCUT2D eigenvalue weighted by Gasteiger charge is -2.36. The van der Waals surface area contributed by atoms with Gasteiger partial charge in [-0.05, 0) is 48.9 Å². The molecule has 4 rings (SSSR count). The van der Waals surface area contributed by atoms with E-state index in [2.05, 4.69) is 44.4 Å². The van der Waals surface area contributed by atoms with Crippen LogP contribution < -0.4 is 10.2 Å². The van der Waals surface area contributed by atoms with Gasteiger partial charge in [-0.1, -0.05) is 30.7 Å². The number of likely N-dealkylation sites (tertiary alicyclic amines) is 1. The van der Waals surface area contributed by atoms with Gasteiger partial charge in [0.15, 0.2) is 0 Å². The van der Waals surface area contributed by atoms with Gasteiger partial charge < -0.3 is 10.2 Å². The Bertz CT molecular complexity index is 1030. The number of hydrogen-bond acceptors (Lipinski definition) is 5. The van der Waals surface area contributed by atoms with Crippen LogP contribution in [0.4, 0.5) is 5.82 Å². The van der Waals surface area contributed by atoms with E-state index in [-0.39, 0.29) is 5.91 Å². The fourth-order valence-corrected chi connectivity index (χ4v) is 5.69. The van der Waals surface area contributed by atoms with Crippen LogP contribution in [0.25, 0.3) is 10.1 Å². The second kappa shape index (κ2) is 9.14. The Morgan fingerprint density at radius 2 is 2.07 bits per heavy atom. The van der Waals surface area contributed by atoms with Gasteiger partial charge in [0.05, 0.1) is 4.88 Å². The molecule has 1 aromatic carbocycles. The van der Waals surface area contributed by atoms with Crippen LogP contribution in [0, 0.1) is 0 Å². The normalized spacial score (nSPS) is 17.2. The molecule has 2 aromatic heterocycles. The third-order valence-electron chi connectivity index (χ3n) is 5.98. The van der Waals surface area contributed by atoms with Crippen molar-refractivity contribution in [3.63, 3.8) is 0 Å². The summed E-state index contributed by atoms with van der Waals surface area (Å²) in [5, 5.41) is 4.06. The molecule has 6 heteroatoms. The van der Waals surface area contributed by atoms with Crippen molar-refractivity contribution in [2.24, 2.45) is 0 Å². The molecule has 1 fully saturated rings. The summed E-state index contributed by atoms with van der Waals surface area (Å²) in [7, 11) is 5.81. The number of rotatable bonds is 6. The zero-order valence-electron chi connectivity index (χ0n) is 18.0. The first-order valence-electron chi connectivity index (χ1n) is 10.7. The van der Waals surface area contributed by atoms with Crippen LogP contribution in [0.5, 0.6) is 0 Å². The summed E-state index contributed by atoms with van der Waals surface area (Å²) >= 11 is 1.61. The lowest BCUT2D eigenvalue weighted by Crippen LogP contribution is -2.40. The van der Waals surface area contributed by atoms with Crippen molar-refractivity contribution in [3.8, 4) is 0 Å². The largest absolute Gasteiger partial charge is 0.362 e. The molecule has 30 heavy (non-hydrogen) atoms. The molecule has 1 N–H and O–H groups in total. The van der Waals surface area contributed by atoms with Crippen LogP contribution in [0.1, 0.15) is 40.1 Å². The van der Waals surface area contributed by atoms with Gasteiger partial charge in [0, 0.05) is 50.2 Å². The van der Waals surface area contributed by atoms with Crippen LogP contribution in [-0.4, -0.2) is 49.5 Å². The number of aromatic nitrogens is 1. The van der Waals surface area contributed by atoms with Crippen molar-refractivity contribution in [1.29, 1.82) is 0 Å². The first kappa shape index (κ1) is 20.8. The second-order valence-corrected chi connectivity index (χ2v) is 9.24. The number of pyridine rings is 1. The number of amides is 1. The SMILES string of the molecule is CNC(=O)c1sc2ccccc2c1C[C@@H]1CCCCN1Cc1cccnc1N(C)C. The zero-order chi connectivity index (χ0) is 21.1. The van der Waals surface area contributed by atoms with Gasteiger partial charge in [-0.2, -0.15) is 0 Å². The second-order valence-electron chi connectivity index (χ2n) is 8.19. The first-order chi connectivity index (χ1) is 14.6. The highest BCUT2D eigenvalue weighted by Crippen LogP contribution is 2.34. The number of nitrogens with one attached hydrogen (secondary N) is 1. The van der Waals surface area contributed by atoms with Gasteiger partial charge in [-0.3, -0.25) is 9.69 Å². The molecule has 1 amide bonds. The van der Waals surface area contributed by atoms with E-state index in [0.717, 1.165) is 36.6 Å². The molecule has 158 valence electrons. The van der Waals surface area contributed by atoms with Crippen molar-refractivity contribution in [3.05, 3.63) is 58.6 Å². The molecule has 0 unspecified atom stereocenters. The lowest BCUT2D eigenvalue weighted by molar-refractivity contribution is 0.0964. The van der Waals surface area contributed by atoms with Crippen molar-refractivity contribution in [1.82, 2.24) is 15.2 Å². The molecule has 3 aromatic rings. The van der Waals surface area contributed by atoms with Crippen LogP contribution in [0.3, 0.4) is 0 Å². The minimum atomic E-state index is 0.0238. The molecule has 0 bridgehead atoms. The van der Waals surface area contributed by atoms with Crippen LogP contribution in [-0.2, 0) is 13.0 Å². The van der Waals surface area contributed by atoms with E-state index >= 15 is 0 Å². The van der Waals surface area contributed by atoms with Gasteiger partial charge >= 0.3 is 0 Å². The van der Waals surface area contributed by atoms with Crippen LogP contribution in [0.15, 0.2) is 42.6 Å². The highest BCUT2D eigenvalue weighted by molar-refractivity contribution is 7.21.